The first kappa shape index (κ1) is 12.3. The number of aromatic nitrogens is 2. The zero-order valence-corrected chi connectivity index (χ0v) is 11.2. The van der Waals surface area contributed by atoms with Gasteiger partial charge in [-0.3, -0.25) is 0 Å². The maximum atomic E-state index is 11.0. The fraction of sp³-hybridized carbons (Fsp3) is 0.133. The largest absolute Gasteiger partial charge is 0.496 e. The van der Waals surface area contributed by atoms with Crippen LogP contribution in [0.25, 0.3) is 22.2 Å². The minimum atomic E-state index is -0.969. The van der Waals surface area contributed by atoms with Crippen LogP contribution in [0.1, 0.15) is 10.5 Å². The summed E-state index contributed by atoms with van der Waals surface area (Å²) in [5, 5.41) is 9.97. The molecule has 0 radical (unpaired) electrons. The molecule has 102 valence electrons. The molecule has 5 heteroatoms. The summed E-state index contributed by atoms with van der Waals surface area (Å²) in [6.07, 6.45) is 1.96. The number of fused-ring (bicyclic) bond motifs is 1. The van der Waals surface area contributed by atoms with Crippen molar-refractivity contribution in [3.63, 3.8) is 0 Å². The fourth-order valence-corrected chi connectivity index (χ4v) is 2.46. The molecular formula is C15H14N2O3. The predicted octanol–water partition coefficient (Wildman–Crippen LogP) is 2.88. The molecule has 0 aliphatic rings. The molecule has 0 aliphatic carbocycles. The lowest BCUT2D eigenvalue weighted by Gasteiger charge is -2.04. The van der Waals surface area contributed by atoms with Crippen molar-refractivity contribution >= 4 is 16.9 Å². The molecule has 20 heavy (non-hydrogen) atoms. The van der Waals surface area contributed by atoms with E-state index in [0.29, 0.717) is 0 Å². The van der Waals surface area contributed by atoms with E-state index in [1.165, 1.54) is 0 Å². The summed E-state index contributed by atoms with van der Waals surface area (Å²) in [5.41, 5.74) is 2.89. The molecule has 0 fully saturated rings. The van der Waals surface area contributed by atoms with Gasteiger partial charge in [0.15, 0.2) is 0 Å². The fourth-order valence-electron chi connectivity index (χ4n) is 2.46. The third-order valence-electron chi connectivity index (χ3n) is 3.40. The Balaban J connectivity index is 2.27. The predicted molar refractivity (Wildman–Crippen MR) is 76.2 cm³/mol. The Labute approximate surface area is 115 Å². The van der Waals surface area contributed by atoms with Gasteiger partial charge in [0, 0.05) is 24.5 Å². The lowest BCUT2D eigenvalue weighted by atomic mass is 10.1. The zero-order valence-electron chi connectivity index (χ0n) is 11.2. The van der Waals surface area contributed by atoms with Gasteiger partial charge in [0.2, 0.25) is 0 Å². The van der Waals surface area contributed by atoms with Gasteiger partial charge in [0.25, 0.3) is 0 Å². The van der Waals surface area contributed by atoms with E-state index in [1.54, 1.807) is 19.2 Å². The summed E-state index contributed by atoms with van der Waals surface area (Å²) >= 11 is 0. The molecule has 0 saturated carbocycles. The topological polar surface area (TPSA) is 67.2 Å². The lowest BCUT2D eigenvalue weighted by molar-refractivity contribution is 0.0691. The summed E-state index contributed by atoms with van der Waals surface area (Å²) in [7, 11) is 3.58. The average molecular weight is 270 g/mol. The molecular weight excluding hydrogens is 256 g/mol. The maximum absolute atomic E-state index is 11.0. The Morgan fingerprint density at radius 1 is 1.30 bits per heavy atom. The number of rotatable bonds is 3. The van der Waals surface area contributed by atoms with Crippen LogP contribution in [0.3, 0.4) is 0 Å². The molecule has 0 aliphatic heterocycles. The first-order valence-electron chi connectivity index (χ1n) is 6.16. The van der Waals surface area contributed by atoms with Crippen LogP contribution in [0, 0.1) is 0 Å². The number of nitrogens with one attached hydrogen (secondary N) is 1. The molecule has 2 aromatic heterocycles. The molecule has 0 spiro atoms. The summed E-state index contributed by atoms with van der Waals surface area (Å²) in [5.74, 6) is -0.201. The first-order valence-corrected chi connectivity index (χ1v) is 6.16. The van der Waals surface area contributed by atoms with E-state index in [2.05, 4.69) is 4.98 Å². The number of aryl methyl sites for hydroxylation is 1. The standard InChI is InChI=1S/C15H14N2O3/c1-17-8-9(10-6-7-11(16-10)15(18)19)14-12(17)4-3-5-13(14)20-2/h3-8,16H,1-2H3,(H,18,19). The number of nitrogens with zero attached hydrogens (tertiary/aromatic N) is 1. The molecule has 0 amide bonds. The van der Waals surface area contributed by atoms with Gasteiger partial charge < -0.3 is 19.4 Å². The summed E-state index contributed by atoms with van der Waals surface area (Å²) < 4.78 is 7.41. The van der Waals surface area contributed by atoms with Crippen LogP contribution in [0.4, 0.5) is 0 Å². The SMILES string of the molecule is COc1cccc2c1c(-c1ccc(C(=O)O)[nH]1)cn2C. The molecule has 5 nitrogen and oxygen atoms in total. The highest BCUT2D eigenvalue weighted by molar-refractivity contribution is 6.00. The van der Waals surface area contributed by atoms with Crippen molar-refractivity contribution in [2.24, 2.45) is 7.05 Å². The highest BCUT2D eigenvalue weighted by Gasteiger charge is 2.15. The summed E-state index contributed by atoms with van der Waals surface area (Å²) in [6.45, 7) is 0. The average Bonchev–Trinajstić information content (AvgIpc) is 3.04. The number of aromatic amines is 1. The van der Waals surface area contributed by atoms with Crippen LogP contribution >= 0.6 is 0 Å². The third-order valence-corrected chi connectivity index (χ3v) is 3.40. The third kappa shape index (κ3) is 1.75. The number of methoxy groups -OCH3 is 1. The van der Waals surface area contributed by atoms with Gasteiger partial charge in [-0.1, -0.05) is 6.07 Å². The van der Waals surface area contributed by atoms with Gasteiger partial charge >= 0.3 is 5.97 Å². The maximum Gasteiger partial charge on any atom is 0.352 e. The molecule has 0 unspecified atom stereocenters. The first-order chi connectivity index (χ1) is 9.61. The number of hydrogen-bond donors (Lipinski definition) is 2. The Kier molecular flexibility index (Phi) is 2.75. The number of ether oxygens (including phenoxy) is 1. The van der Waals surface area contributed by atoms with Crippen LogP contribution in [0.15, 0.2) is 36.5 Å². The molecule has 2 heterocycles. The second-order valence-electron chi connectivity index (χ2n) is 4.60. The van der Waals surface area contributed by atoms with Crippen molar-refractivity contribution in [1.82, 2.24) is 9.55 Å². The van der Waals surface area contributed by atoms with E-state index in [-0.39, 0.29) is 5.69 Å². The van der Waals surface area contributed by atoms with E-state index >= 15 is 0 Å². The number of aromatic carboxylic acids is 1. The molecule has 3 aromatic rings. The number of H-pyrrole nitrogens is 1. The van der Waals surface area contributed by atoms with E-state index in [9.17, 15) is 4.79 Å². The number of carboxylic acid groups (broad SMARTS) is 1. The Morgan fingerprint density at radius 2 is 2.10 bits per heavy atom. The zero-order chi connectivity index (χ0) is 14.3. The van der Waals surface area contributed by atoms with E-state index < -0.39 is 5.97 Å². The number of carbonyl (C=O) groups is 1. The highest BCUT2D eigenvalue weighted by Crippen LogP contribution is 2.36. The van der Waals surface area contributed by atoms with Gasteiger partial charge in [-0.25, -0.2) is 4.79 Å². The quantitative estimate of drug-likeness (QED) is 0.769. The number of carboxylic acids is 1. The van der Waals surface area contributed by atoms with Gasteiger partial charge in [-0.05, 0) is 24.3 Å². The molecule has 0 atom stereocenters. The van der Waals surface area contributed by atoms with Gasteiger partial charge in [-0.15, -0.1) is 0 Å². The number of hydrogen-bond acceptors (Lipinski definition) is 2. The monoisotopic (exact) mass is 270 g/mol. The molecule has 3 rings (SSSR count). The normalized spacial score (nSPS) is 10.9. The minimum absolute atomic E-state index is 0.173. The van der Waals surface area contributed by atoms with E-state index in [0.717, 1.165) is 27.9 Å². The van der Waals surface area contributed by atoms with Gasteiger partial charge in [-0.2, -0.15) is 0 Å². The van der Waals surface area contributed by atoms with Crippen LogP contribution in [-0.4, -0.2) is 27.7 Å². The Morgan fingerprint density at radius 3 is 2.75 bits per heavy atom. The van der Waals surface area contributed by atoms with Crippen molar-refractivity contribution in [3.8, 4) is 17.0 Å². The van der Waals surface area contributed by atoms with Gasteiger partial charge in [0.1, 0.15) is 11.4 Å². The second kappa shape index (κ2) is 4.45. The molecule has 0 saturated heterocycles. The van der Waals surface area contributed by atoms with Crippen LogP contribution in [-0.2, 0) is 7.05 Å². The van der Waals surface area contributed by atoms with Crippen molar-refractivity contribution in [1.29, 1.82) is 0 Å². The Hall–Kier alpha value is -2.69. The smallest absolute Gasteiger partial charge is 0.352 e. The minimum Gasteiger partial charge on any atom is -0.496 e. The number of benzene rings is 1. The molecule has 0 bridgehead atoms. The van der Waals surface area contributed by atoms with Crippen LogP contribution in [0.2, 0.25) is 0 Å². The van der Waals surface area contributed by atoms with E-state index in [1.807, 2.05) is 36.0 Å². The van der Waals surface area contributed by atoms with Crippen molar-refractivity contribution in [2.45, 2.75) is 0 Å². The Bertz CT molecular complexity index is 799. The summed E-state index contributed by atoms with van der Waals surface area (Å²) in [6, 6.07) is 9.16. The highest BCUT2D eigenvalue weighted by atomic mass is 16.5. The second-order valence-corrected chi connectivity index (χ2v) is 4.60. The van der Waals surface area contributed by atoms with Crippen LogP contribution in [0.5, 0.6) is 5.75 Å². The molecule has 2 N–H and O–H groups in total. The van der Waals surface area contributed by atoms with Crippen molar-refractivity contribution < 1.29 is 14.6 Å². The lowest BCUT2D eigenvalue weighted by Crippen LogP contribution is -1.95. The van der Waals surface area contributed by atoms with Crippen molar-refractivity contribution in [3.05, 3.63) is 42.2 Å². The van der Waals surface area contributed by atoms with Gasteiger partial charge in [0.05, 0.1) is 18.0 Å². The molecule has 1 aromatic carbocycles. The summed E-state index contributed by atoms with van der Waals surface area (Å²) in [4.78, 5) is 13.9. The van der Waals surface area contributed by atoms with Crippen LogP contribution < -0.4 is 4.74 Å². The van der Waals surface area contributed by atoms with Crippen molar-refractivity contribution in [2.75, 3.05) is 7.11 Å². The van der Waals surface area contributed by atoms with E-state index in [4.69, 9.17) is 9.84 Å².